The van der Waals surface area contributed by atoms with Crippen molar-refractivity contribution in [3.63, 3.8) is 0 Å². The number of anilines is 2. The van der Waals surface area contributed by atoms with Crippen molar-refractivity contribution in [3.05, 3.63) is 94.0 Å². The van der Waals surface area contributed by atoms with Crippen LogP contribution in [0.15, 0.2) is 66.7 Å². The van der Waals surface area contributed by atoms with Crippen molar-refractivity contribution in [1.29, 1.82) is 0 Å². The first-order chi connectivity index (χ1) is 14.1. The lowest BCUT2D eigenvalue weighted by molar-refractivity contribution is 0.101. The van der Waals surface area contributed by atoms with Crippen LogP contribution in [-0.2, 0) is 5.41 Å². The van der Waals surface area contributed by atoms with Crippen LogP contribution >= 0.6 is 11.6 Å². The zero-order chi connectivity index (χ0) is 21.9. The summed E-state index contributed by atoms with van der Waals surface area (Å²) in [6.45, 7) is 8.28. The zero-order valence-electron chi connectivity index (χ0n) is 17.5. The molecule has 2 N–H and O–H groups in total. The second-order valence-corrected chi connectivity index (χ2v) is 8.69. The van der Waals surface area contributed by atoms with Gasteiger partial charge >= 0.3 is 0 Å². The van der Waals surface area contributed by atoms with E-state index in [4.69, 9.17) is 11.6 Å². The van der Waals surface area contributed by atoms with Gasteiger partial charge in [-0.15, -0.1) is 0 Å². The van der Waals surface area contributed by atoms with Crippen LogP contribution in [0.4, 0.5) is 11.4 Å². The quantitative estimate of drug-likeness (QED) is 0.509. The number of hydrogen-bond acceptors (Lipinski definition) is 2. The van der Waals surface area contributed by atoms with Crippen molar-refractivity contribution in [1.82, 2.24) is 0 Å². The summed E-state index contributed by atoms with van der Waals surface area (Å²) < 4.78 is 0. The first-order valence-electron chi connectivity index (χ1n) is 9.73. The third kappa shape index (κ3) is 5.28. The molecule has 4 nitrogen and oxygen atoms in total. The van der Waals surface area contributed by atoms with Crippen LogP contribution in [-0.4, -0.2) is 11.8 Å². The average molecular weight is 421 g/mol. The van der Waals surface area contributed by atoms with Gasteiger partial charge in [-0.2, -0.15) is 0 Å². The molecule has 0 aliphatic carbocycles. The van der Waals surface area contributed by atoms with Crippen LogP contribution < -0.4 is 10.6 Å². The van der Waals surface area contributed by atoms with Gasteiger partial charge in [0.25, 0.3) is 11.8 Å². The van der Waals surface area contributed by atoms with E-state index in [-0.39, 0.29) is 17.2 Å². The Balaban J connectivity index is 1.69. The lowest BCUT2D eigenvalue weighted by Gasteiger charge is -2.19. The van der Waals surface area contributed by atoms with E-state index in [1.807, 2.05) is 31.2 Å². The van der Waals surface area contributed by atoms with Crippen molar-refractivity contribution in [2.24, 2.45) is 0 Å². The molecule has 0 heterocycles. The molecule has 3 aromatic carbocycles. The van der Waals surface area contributed by atoms with Crippen LogP contribution in [0.25, 0.3) is 0 Å². The number of aryl methyl sites for hydroxylation is 1. The molecule has 0 unspecified atom stereocenters. The Morgan fingerprint density at radius 3 is 1.83 bits per heavy atom. The first-order valence-corrected chi connectivity index (χ1v) is 10.1. The number of benzene rings is 3. The van der Waals surface area contributed by atoms with Gasteiger partial charge < -0.3 is 10.6 Å². The molecule has 154 valence electrons. The SMILES string of the molecule is Cc1ccc(C(=O)Nc2cccc(NC(=O)c3ccc(C(C)(C)C)cc3)c2)cc1Cl. The summed E-state index contributed by atoms with van der Waals surface area (Å²) in [5.41, 5.74) is 4.33. The van der Waals surface area contributed by atoms with Crippen LogP contribution in [0, 0.1) is 6.92 Å². The van der Waals surface area contributed by atoms with Crippen molar-refractivity contribution < 1.29 is 9.59 Å². The number of hydrogen-bond donors (Lipinski definition) is 2. The molecule has 0 aliphatic rings. The van der Waals surface area contributed by atoms with Gasteiger partial charge in [-0.3, -0.25) is 9.59 Å². The fourth-order valence-electron chi connectivity index (χ4n) is 2.94. The highest BCUT2D eigenvalue weighted by molar-refractivity contribution is 6.31. The Bertz CT molecular complexity index is 1080. The monoisotopic (exact) mass is 420 g/mol. The second kappa shape index (κ2) is 8.72. The third-order valence-corrected chi connectivity index (χ3v) is 5.23. The van der Waals surface area contributed by atoms with Gasteiger partial charge in [0.15, 0.2) is 0 Å². The lowest BCUT2D eigenvalue weighted by Crippen LogP contribution is -2.15. The van der Waals surface area contributed by atoms with E-state index < -0.39 is 0 Å². The molecule has 0 fully saturated rings. The maximum atomic E-state index is 12.6. The van der Waals surface area contributed by atoms with Gasteiger partial charge in [-0.25, -0.2) is 0 Å². The normalized spacial score (nSPS) is 11.1. The van der Waals surface area contributed by atoms with Gasteiger partial charge in [0.1, 0.15) is 0 Å². The van der Waals surface area contributed by atoms with E-state index >= 15 is 0 Å². The van der Waals surface area contributed by atoms with Crippen LogP contribution in [0.2, 0.25) is 5.02 Å². The minimum absolute atomic E-state index is 0.0310. The van der Waals surface area contributed by atoms with Gasteiger partial charge in [0.2, 0.25) is 0 Å². The van der Waals surface area contributed by atoms with Crippen molar-refractivity contribution in [2.45, 2.75) is 33.1 Å². The summed E-state index contributed by atoms with van der Waals surface area (Å²) in [4.78, 5) is 25.1. The molecule has 3 rings (SSSR count). The van der Waals surface area contributed by atoms with E-state index in [2.05, 4.69) is 31.4 Å². The van der Waals surface area contributed by atoms with Gasteiger partial charge in [0.05, 0.1) is 0 Å². The molecule has 0 saturated carbocycles. The van der Waals surface area contributed by atoms with Crippen LogP contribution in [0.1, 0.15) is 52.6 Å². The molecule has 0 aromatic heterocycles. The molecule has 0 atom stereocenters. The second-order valence-electron chi connectivity index (χ2n) is 8.28. The molecule has 0 saturated heterocycles. The van der Waals surface area contributed by atoms with E-state index in [9.17, 15) is 9.59 Å². The predicted molar refractivity (Wildman–Crippen MR) is 124 cm³/mol. The Morgan fingerprint density at radius 1 is 0.767 bits per heavy atom. The van der Waals surface area contributed by atoms with Gasteiger partial charge in [-0.05, 0) is 65.9 Å². The Kier molecular flexibility index (Phi) is 6.28. The fourth-order valence-corrected chi connectivity index (χ4v) is 3.12. The number of nitrogens with one attached hydrogen (secondary N) is 2. The number of carbonyl (C=O) groups is 2. The third-order valence-electron chi connectivity index (χ3n) is 4.83. The number of halogens is 1. The Hall–Kier alpha value is -3.11. The largest absolute Gasteiger partial charge is 0.322 e. The standard InChI is InChI=1S/C25H25ClN2O2/c1-16-8-9-18(14-22(16)26)24(30)28-21-7-5-6-20(15-21)27-23(29)17-10-12-19(13-11-17)25(2,3)4/h5-15H,1-4H3,(H,27,29)(H,28,30). The summed E-state index contributed by atoms with van der Waals surface area (Å²) >= 11 is 6.11. The molecule has 0 radical (unpaired) electrons. The molecule has 0 aliphatic heterocycles. The summed E-state index contributed by atoms with van der Waals surface area (Å²) in [5, 5.41) is 6.25. The van der Waals surface area contributed by atoms with E-state index in [1.165, 1.54) is 5.56 Å². The highest BCUT2D eigenvalue weighted by atomic mass is 35.5. The highest BCUT2D eigenvalue weighted by Gasteiger charge is 2.14. The lowest BCUT2D eigenvalue weighted by atomic mass is 9.87. The molecule has 3 aromatic rings. The van der Waals surface area contributed by atoms with Gasteiger partial charge in [-0.1, -0.05) is 56.6 Å². The number of carbonyl (C=O) groups excluding carboxylic acids is 2. The minimum Gasteiger partial charge on any atom is -0.322 e. The molecular formula is C25H25ClN2O2. The Morgan fingerprint density at radius 2 is 1.30 bits per heavy atom. The number of rotatable bonds is 4. The first kappa shape index (κ1) is 21.6. The maximum absolute atomic E-state index is 12.6. The molecule has 2 amide bonds. The molecule has 0 bridgehead atoms. The van der Waals surface area contributed by atoms with E-state index in [0.29, 0.717) is 27.5 Å². The summed E-state index contributed by atoms with van der Waals surface area (Å²) in [7, 11) is 0. The molecular weight excluding hydrogens is 396 g/mol. The van der Waals surface area contributed by atoms with Crippen LogP contribution in [0.3, 0.4) is 0 Å². The molecule has 30 heavy (non-hydrogen) atoms. The van der Waals surface area contributed by atoms with Crippen molar-refractivity contribution in [3.8, 4) is 0 Å². The number of amides is 2. The smallest absolute Gasteiger partial charge is 0.255 e. The van der Waals surface area contributed by atoms with Crippen molar-refractivity contribution >= 4 is 34.8 Å². The fraction of sp³-hybridized carbons (Fsp3) is 0.200. The van der Waals surface area contributed by atoms with E-state index in [1.54, 1.807) is 42.5 Å². The Labute approximate surface area is 182 Å². The highest BCUT2D eigenvalue weighted by Crippen LogP contribution is 2.23. The average Bonchev–Trinajstić information content (AvgIpc) is 2.69. The minimum atomic E-state index is -0.266. The predicted octanol–water partition coefficient (Wildman–Crippen LogP) is 6.45. The molecule has 5 heteroatoms. The topological polar surface area (TPSA) is 58.2 Å². The zero-order valence-corrected chi connectivity index (χ0v) is 18.3. The van der Waals surface area contributed by atoms with E-state index in [0.717, 1.165) is 5.56 Å². The maximum Gasteiger partial charge on any atom is 0.255 e. The summed E-state index contributed by atoms with van der Waals surface area (Å²) in [5.74, 6) is -0.470. The van der Waals surface area contributed by atoms with Gasteiger partial charge in [0, 0.05) is 27.5 Å². The van der Waals surface area contributed by atoms with Crippen LogP contribution in [0.5, 0.6) is 0 Å². The molecule has 0 spiro atoms. The summed E-state index contributed by atoms with van der Waals surface area (Å²) in [6.07, 6.45) is 0. The summed E-state index contributed by atoms with van der Waals surface area (Å²) in [6, 6.07) is 19.8. The van der Waals surface area contributed by atoms with Crippen molar-refractivity contribution in [2.75, 3.05) is 10.6 Å².